The molecule has 1 atom stereocenters. The van der Waals surface area contributed by atoms with Gasteiger partial charge in [0.05, 0.1) is 5.60 Å². The summed E-state index contributed by atoms with van der Waals surface area (Å²) < 4.78 is 0. The Labute approximate surface area is 160 Å². The fourth-order valence-electron chi connectivity index (χ4n) is 2.41. The van der Waals surface area contributed by atoms with Crippen LogP contribution in [0.25, 0.3) is 0 Å². The first-order chi connectivity index (χ1) is 12.5. The second kappa shape index (κ2) is 9.50. The molecule has 1 aromatic rings. The van der Waals surface area contributed by atoms with Gasteiger partial charge in [-0.25, -0.2) is 9.86 Å². The monoisotopic (exact) mass is 378 g/mol. The third kappa shape index (κ3) is 7.38. The molecule has 0 unspecified atom stereocenters. The van der Waals surface area contributed by atoms with E-state index in [1.807, 2.05) is 30.3 Å². The summed E-state index contributed by atoms with van der Waals surface area (Å²) in [5, 5.41) is 12.9. The van der Waals surface area contributed by atoms with Crippen LogP contribution < -0.4 is 5.32 Å². The summed E-state index contributed by atoms with van der Waals surface area (Å²) in [6.07, 6.45) is 2.04. The van der Waals surface area contributed by atoms with Crippen LogP contribution >= 0.6 is 0 Å². The molecule has 0 aliphatic rings. The van der Waals surface area contributed by atoms with E-state index < -0.39 is 29.1 Å². The standard InChI is InChI=1S/C20H30N2O5/c1-19(2,3)27-22(14-23)20(4,5)18(26)21-16(17(24)25)13-9-12-15-10-7-6-8-11-15/h6-8,10-11,14,16H,9,12-13H2,1-5H3,(H,21,26)(H,24,25)/t16-/m1/s1. The molecule has 1 aromatic carbocycles. The predicted molar refractivity (Wildman–Crippen MR) is 102 cm³/mol. The van der Waals surface area contributed by atoms with Crippen LogP contribution in [-0.2, 0) is 25.6 Å². The fraction of sp³-hybridized carbons (Fsp3) is 0.550. The molecule has 0 saturated carbocycles. The number of rotatable bonds is 10. The summed E-state index contributed by atoms with van der Waals surface area (Å²) in [6, 6.07) is 8.69. The van der Waals surface area contributed by atoms with Gasteiger partial charge >= 0.3 is 5.97 Å². The van der Waals surface area contributed by atoms with E-state index in [-0.39, 0.29) is 6.42 Å². The van der Waals surface area contributed by atoms with E-state index in [0.717, 1.165) is 17.0 Å². The first-order valence-electron chi connectivity index (χ1n) is 8.99. The Morgan fingerprint density at radius 2 is 1.78 bits per heavy atom. The Morgan fingerprint density at radius 1 is 1.19 bits per heavy atom. The Balaban J connectivity index is 2.72. The average Bonchev–Trinajstić information content (AvgIpc) is 2.58. The molecule has 0 heterocycles. The molecule has 0 spiro atoms. The van der Waals surface area contributed by atoms with Gasteiger partial charge < -0.3 is 10.4 Å². The maximum atomic E-state index is 12.6. The number of nitrogens with one attached hydrogen (secondary N) is 1. The normalized spacial score (nSPS) is 12.9. The lowest BCUT2D eigenvalue weighted by Crippen LogP contribution is -2.58. The molecule has 0 aromatic heterocycles. The zero-order valence-corrected chi connectivity index (χ0v) is 16.7. The first-order valence-corrected chi connectivity index (χ1v) is 8.99. The molecule has 2 N–H and O–H groups in total. The van der Waals surface area contributed by atoms with Crippen molar-refractivity contribution < 1.29 is 24.3 Å². The highest BCUT2D eigenvalue weighted by atomic mass is 16.7. The van der Waals surface area contributed by atoms with Crippen molar-refractivity contribution in [3.63, 3.8) is 0 Å². The molecule has 0 fully saturated rings. The molecule has 0 aliphatic carbocycles. The molecule has 27 heavy (non-hydrogen) atoms. The third-order valence-corrected chi connectivity index (χ3v) is 3.98. The van der Waals surface area contributed by atoms with Crippen molar-refractivity contribution in [2.24, 2.45) is 0 Å². The van der Waals surface area contributed by atoms with Gasteiger partial charge in [0.1, 0.15) is 11.6 Å². The number of aliphatic carboxylic acids is 1. The highest BCUT2D eigenvalue weighted by Crippen LogP contribution is 2.20. The molecule has 7 nitrogen and oxygen atoms in total. The van der Waals surface area contributed by atoms with Gasteiger partial charge in [-0.3, -0.25) is 14.4 Å². The zero-order chi connectivity index (χ0) is 20.7. The number of nitrogens with zero attached hydrogens (tertiary/aromatic N) is 1. The van der Waals surface area contributed by atoms with E-state index in [1.54, 1.807) is 20.8 Å². The van der Waals surface area contributed by atoms with Gasteiger partial charge in [0.25, 0.3) is 0 Å². The molecule has 1 rings (SSSR count). The number of hydrogen-bond donors (Lipinski definition) is 2. The van der Waals surface area contributed by atoms with Gasteiger partial charge in [-0.2, -0.15) is 0 Å². The quantitative estimate of drug-likeness (QED) is 0.482. The number of benzene rings is 1. The summed E-state index contributed by atoms with van der Waals surface area (Å²) in [7, 11) is 0. The molecule has 0 radical (unpaired) electrons. The Bertz CT molecular complexity index is 638. The van der Waals surface area contributed by atoms with E-state index >= 15 is 0 Å². The molecule has 0 aliphatic heterocycles. The Kier molecular flexibility index (Phi) is 7.97. The number of hydrogen-bond acceptors (Lipinski definition) is 4. The summed E-state index contributed by atoms with van der Waals surface area (Å²) in [4.78, 5) is 41.1. The minimum atomic E-state index is -1.36. The van der Waals surface area contributed by atoms with Gasteiger partial charge in [-0.1, -0.05) is 30.3 Å². The van der Waals surface area contributed by atoms with E-state index in [4.69, 9.17) is 4.84 Å². The van der Waals surface area contributed by atoms with Gasteiger partial charge in [0, 0.05) is 0 Å². The zero-order valence-electron chi connectivity index (χ0n) is 16.7. The van der Waals surface area contributed by atoms with E-state index in [1.165, 1.54) is 13.8 Å². The molecular formula is C20H30N2O5. The molecule has 150 valence electrons. The lowest BCUT2D eigenvalue weighted by Gasteiger charge is -2.37. The number of carboxylic acid groups (broad SMARTS) is 1. The van der Waals surface area contributed by atoms with Crippen LogP contribution in [0.5, 0.6) is 0 Å². The highest BCUT2D eigenvalue weighted by molar-refractivity contribution is 5.90. The van der Waals surface area contributed by atoms with Crippen molar-refractivity contribution in [1.82, 2.24) is 10.4 Å². The lowest BCUT2D eigenvalue weighted by atomic mass is 10.0. The topological polar surface area (TPSA) is 95.9 Å². The maximum absolute atomic E-state index is 12.6. The van der Waals surface area contributed by atoms with Crippen molar-refractivity contribution >= 4 is 18.3 Å². The minimum absolute atomic E-state index is 0.285. The molecule has 0 saturated heterocycles. The number of carboxylic acids is 1. The number of hydroxylamine groups is 2. The lowest BCUT2D eigenvalue weighted by molar-refractivity contribution is -0.247. The van der Waals surface area contributed by atoms with Gasteiger partial charge in [0.2, 0.25) is 12.3 Å². The van der Waals surface area contributed by atoms with Crippen LogP contribution in [0.4, 0.5) is 0 Å². The SMILES string of the molecule is CC(C)(C)ON(C=O)C(C)(C)C(=O)N[C@H](CCCc1ccccc1)C(=O)O. The van der Waals surface area contributed by atoms with Gasteiger partial charge in [-0.15, -0.1) is 0 Å². The van der Waals surface area contributed by atoms with Crippen LogP contribution in [0.1, 0.15) is 53.0 Å². The molecule has 0 bridgehead atoms. The van der Waals surface area contributed by atoms with E-state index in [2.05, 4.69) is 5.32 Å². The van der Waals surface area contributed by atoms with Crippen molar-refractivity contribution in [3.8, 4) is 0 Å². The average molecular weight is 378 g/mol. The maximum Gasteiger partial charge on any atom is 0.326 e. The number of aryl methyl sites for hydroxylation is 1. The molecule has 2 amide bonds. The van der Waals surface area contributed by atoms with Crippen molar-refractivity contribution in [1.29, 1.82) is 0 Å². The van der Waals surface area contributed by atoms with Crippen molar-refractivity contribution in [2.45, 2.75) is 71.1 Å². The minimum Gasteiger partial charge on any atom is -0.480 e. The first kappa shape index (κ1) is 22.6. The largest absolute Gasteiger partial charge is 0.480 e. The summed E-state index contributed by atoms with van der Waals surface area (Å²) in [5.41, 5.74) is -0.929. The molecular weight excluding hydrogens is 348 g/mol. The van der Waals surface area contributed by atoms with E-state index in [0.29, 0.717) is 12.8 Å². The third-order valence-electron chi connectivity index (χ3n) is 3.98. The van der Waals surface area contributed by atoms with Gasteiger partial charge in [0.15, 0.2) is 0 Å². The van der Waals surface area contributed by atoms with Crippen molar-refractivity contribution in [3.05, 3.63) is 35.9 Å². The van der Waals surface area contributed by atoms with Crippen LogP contribution in [-0.4, -0.2) is 45.6 Å². The summed E-state index contributed by atoms with van der Waals surface area (Å²) in [5.74, 6) is -1.70. The number of carbonyl (C=O) groups excluding carboxylic acids is 2. The van der Waals surface area contributed by atoms with Gasteiger partial charge in [-0.05, 0) is 59.4 Å². The van der Waals surface area contributed by atoms with Crippen LogP contribution in [0, 0.1) is 0 Å². The predicted octanol–water partition coefficient (Wildman–Crippen LogP) is 2.55. The van der Waals surface area contributed by atoms with Crippen LogP contribution in [0.2, 0.25) is 0 Å². The number of carbonyl (C=O) groups is 3. The molecule has 7 heteroatoms. The summed E-state index contributed by atoms with van der Waals surface area (Å²) in [6.45, 7) is 8.26. The second-order valence-electron chi connectivity index (χ2n) is 7.94. The number of amides is 2. The highest BCUT2D eigenvalue weighted by Gasteiger charge is 2.39. The smallest absolute Gasteiger partial charge is 0.326 e. The summed E-state index contributed by atoms with van der Waals surface area (Å²) >= 11 is 0. The second-order valence-corrected chi connectivity index (χ2v) is 7.94. The van der Waals surface area contributed by atoms with E-state index in [9.17, 15) is 19.5 Å². The Hall–Kier alpha value is -2.41. The fourth-order valence-corrected chi connectivity index (χ4v) is 2.41. The van der Waals surface area contributed by atoms with Crippen molar-refractivity contribution in [2.75, 3.05) is 0 Å². The van der Waals surface area contributed by atoms with Crippen LogP contribution in [0.3, 0.4) is 0 Å². The van der Waals surface area contributed by atoms with Crippen LogP contribution in [0.15, 0.2) is 30.3 Å². The Morgan fingerprint density at radius 3 is 2.26 bits per heavy atom.